The van der Waals surface area contributed by atoms with Gasteiger partial charge in [0.1, 0.15) is 6.04 Å². The van der Waals surface area contributed by atoms with Gasteiger partial charge in [0, 0.05) is 20.2 Å². The molecule has 4 N–H and O–H groups in total. The van der Waals surface area contributed by atoms with E-state index in [2.05, 4.69) is 5.32 Å². The molecule has 0 heterocycles. The van der Waals surface area contributed by atoms with Gasteiger partial charge in [-0.1, -0.05) is 30.3 Å². The Labute approximate surface area is 123 Å². The molecule has 0 aromatic heterocycles. The highest BCUT2D eigenvalue weighted by Gasteiger charge is 2.26. The van der Waals surface area contributed by atoms with Crippen molar-refractivity contribution in [2.75, 3.05) is 33.4 Å². The molecule has 0 aliphatic rings. The SMILES string of the molecule is COCCN(CCO)C(=O)C(NC(N)=O)c1ccccc1. The number of benzene rings is 1. The third kappa shape index (κ3) is 5.41. The zero-order valence-electron chi connectivity index (χ0n) is 12.0. The molecule has 0 aliphatic carbocycles. The number of methoxy groups -OCH3 is 1. The van der Waals surface area contributed by atoms with E-state index >= 15 is 0 Å². The quantitative estimate of drug-likeness (QED) is 0.621. The van der Waals surface area contributed by atoms with Gasteiger partial charge in [-0.3, -0.25) is 4.79 Å². The van der Waals surface area contributed by atoms with E-state index in [1.54, 1.807) is 24.3 Å². The molecule has 1 rings (SSSR count). The zero-order valence-corrected chi connectivity index (χ0v) is 12.0. The van der Waals surface area contributed by atoms with Crippen LogP contribution in [0, 0.1) is 0 Å². The van der Waals surface area contributed by atoms with E-state index in [0.717, 1.165) is 0 Å². The number of urea groups is 1. The maximum atomic E-state index is 12.6. The predicted molar refractivity (Wildman–Crippen MR) is 77.4 cm³/mol. The number of aliphatic hydroxyl groups excluding tert-OH is 1. The topological polar surface area (TPSA) is 105 Å². The maximum Gasteiger partial charge on any atom is 0.313 e. The molecule has 0 fully saturated rings. The number of nitrogens with zero attached hydrogens (tertiary/aromatic N) is 1. The van der Waals surface area contributed by atoms with Crippen LogP contribution in [-0.2, 0) is 9.53 Å². The van der Waals surface area contributed by atoms with Crippen molar-refractivity contribution >= 4 is 11.9 Å². The maximum absolute atomic E-state index is 12.6. The Morgan fingerprint density at radius 1 is 1.33 bits per heavy atom. The second-order valence-electron chi connectivity index (χ2n) is 4.39. The third-order valence-electron chi connectivity index (χ3n) is 2.91. The normalized spacial score (nSPS) is 11.7. The van der Waals surface area contributed by atoms with Crippen molar-refractivity contribution in [2.45, 2.75) is 6.04 Å². The standard InChI is InChI=1S/C14H21N3O4/c1-21-10-8-17(7-9-18)13(19)12(16-14(15)20)11-5-3-2-4-6-11/h2-6,12,18H,7-10H2,1H3,(H3,15,16,20). The number of nitrogens with one attached hydrogen (secondary N) is 1. The molecule has 1 unspecified atom stereocenters. The highest BCUT2D eigenvalue weighted by Crippen LogP contribution is 2.15. The second-order valence-corrected chi connectivity index (χ2v) is 4.39. The monoisotopic (exact) mass is 295 g/mol. The number of aliphatic hydroxyl groups is 1. The van der Waals surface area contributed by atoms with Crippen molar-refractivity contribution in [3.05, 3.63) is 35.9 Å². The van der Waals surface area contributed by atoms with Crippen LogP contribution in [-0.4, -0.2) is 55.4 Å². The fourth-order valence-corrected chi connectivity index (χ4v) is 1.91. The molecule has 0 aliphatic heterocycles. The van der Waals surface area contributed by atoms with Crippen LogP contribution >= 0.6 is 0 Å². The van der Waals surface area contributed by atoms with Gasteiger partial charge in [0.2, 0.25) is 5.91 Å². The first kappa shape index (κ1) is 16.9. The molecule has 7 heteroatoms. The number of rotatable bonds is 8. The second kappa shape index (κ2) is 8.93. The van der Waals surface area contributed by atoms with Crippen molar-refractivity contribution in [3.63, 3.8) is 0 Å². The molecular weight excluding hydrogens is 274 g/mol. The summed E-state index contributed by atoms with van der Waals surface area (Å²) in [5.41, 5.74) is 5.77. The molecule has 0 spiro atoms. The Morgan fingerprint density at radius 2 is 2.00 bits per heavy atom. The van der Waals surface area contributed by atoms with Gasteiger partial charge < -0.3 is 25.8 Å². The number of nitrogens with two attached hydrogens (primary N) is 1. The van der Waals surface area contributed by atoms with E-state index in [-0.39, 0.29) is 19.1 Å². The molecule has 1 atom stereocenters. The lowest BCUT2D eigenvalue weighted by atomic mass is 10.1. The van der Waals surface area contributed by atoms with Crippen molar-refractivity contribution < 1.29 is 19.4 Å². The average molecular weight is 295 g/mol. The average Bonchev–Trinajstić information content (AvgIpc) is 2.49. The van der Waals surface area contributed by atoms with E-state index in [1.807, 2.05) is 6.07 Å². The summed E-state index contributed by atoms with van der Waals surface area (Å²) in [5, 5.41) is 11.5. The molecule has 0 radical (unpaired) electrons. The summed E-state index contributed by atoms with van der Waals surface area (Å²) in [7, 11) is 1.53. The molecule has 1 aromatic carbocycles. The van der Waals surface area contributed by atoms with E-state index in [0.29, 0.717) is 18.7 Å². The number of hydrogen-bond acceptors (Lipinski definition) is 4. The first-order chi connectivity index (χ1) is 10.1. The summed E-state index contributed by atoms with van der Waals surface area (Å²) in [5.74, 6) is -0.342. The fourth-order valence-electron chi connectivity index (χ4n) is 1.91. The van der Waals surface area contributed by atoms with Gasteiger partial charge >= 0.3 is 6.03 Å². The van der Waals surface area contributed by atoms with Crippen LogP contribution < -0.4 is 11.1 Å². The number of amides is 3. The first-order valence-corrected chi connectivity index (χ1v) is 6.59. The third-order valence-corrected chi connectivity index (χ3v) is 2.91. The van der Waals surface area contributed by atoms with Crippen LogP contribution in [0.25, 0.3) is 0 Å². The molecule has 0 saturated carbocycles. The number of hydrogen-bond donors (Lipinski definition) is 3. The van der Waals surface area contributed by atoms with Crippen LogP contribution in [0.2, 0.25) is 0 Å². The lowest BCUT2D eigenvalue weighted by Gasteiger charge is -2.27. The van der Waals surface area contributed by atoms with Gasteiger partial charge in [0.25, 0.3) is 0 Å². The smallest absolute Gasteiger partial charge is 0.313 e. The number of primary amides is 1. The molecule has 3 amide bonds. The minimum Gasteiger partial charge on any atom is -0.395 e. The van der Waals surface area contributed by atoms with Gasteiger partial charge in [0.15, 0.2) is 0 Å². The van der Waals surface area contributed by atoms with Gasteiger partial charge in [-0.15, -0.1) is 0 Å². The molecular formula is C14H21N3O4. The van der Waals surface area contributed by atoms with Gasteiger partial charge in [-0.05, 0) is 5.56 Å². The van der Waals surface area contributed by atoms with E-state index in [4.69, 9.17) is 15.6 Å². The summed E-state index contributed by atoms with van der Waals surface area (Å²) >= 11 is 0. The van der Waals surface area contributed by atoms with Crippen molar-refractivity contribution in [3.8, 4) is 0 Å². The Kier molecular flexibility index (Phi) is 7.20. The lowest BCUT2D eigenvalue weighted by molar-refractivity contribution is -0.134. The Balaban J connectivity index is 2.94. The summed E-state index contributed by atoms with van der Waals surface area (Å²) in [4.78, 5) is 25.1. The van der Waals surface area contributed by atoms with Crippen LogP contribution in [0.15, 0.2) is 30.3 Å². The van der Waals surface area contributed by atoms with Crippen molar-refractivity contribution in [1.82, 2.24) is 10.2 Å². The van der Waals surface area contributed by atoms with Gasteiger partial charge in [0.05, 0.1) is 13.2 Å². The highest BCUT2D eigenvalue weighted by atomic mass is 16.5. The summed E-state index contributed by atoms with van der Waals surface area (Å²) in [6, 6.07) is 7.14. The van der Waals surface area contributed by atoms with Crippen LogP contribution in [0.1, 0.15) is 11.6 Å². The van der Waals surface area contributed by atoms with Gasteiger partial charge in [-0.25, -0.2) is 4.79 Å². The molecule has 1 aromatic rings. The number of ether oxygens (including phenoxy) is 1. The van der Waals surface area contributed by atoms with Crippen LogP contribution in [0.3, 0.4) is 0 Å². The van der Waals surface area contributed by atoms with Crippen molar-refractivity contribution in [2.24, 2.45) is 5.73 Å². The molecule has 0 saturated heterocycles. The summed E-state index contributed by atoms with van der Waals surface area (Å²) in [6.45, 7) is 0.642. The van der Waals surface area contributed by atoms with Crippen LogP contribution in [0.5, 0.6) is 0 Å². The molecule has 7 nitrogen and oxygen atoms in total. The minimum atomic E-state index is -0.882. The Hall–Kier alpha value is -2.12. The predicted octanol–water partition coefficient (Wildman–Crippen LogP) is -0.137. The van der Waals surface area contributed by atoms with Crippen molar-refractivity contribution in [1.29, 1.82) is 0 Å². The molecule has 116 valence electrons. The lowest BCUT2D eigenvalue weighted by Crippen LogP contribution is -2.46. The van der Waals surface area contributed by atoms with E-state index in [1.165, 1.54) is 12.0 Å². The first-order valence-electron chi connectivity index (χ1n) is 6.59. The minimum absolute atomic E-state index is 0.159. The summed E-state index contributed by atoms with van der Waals surface area (Å²) < 4.78 is 4.95. The number of carbonyl (C=O) groups excluding carboxylic acids is 2. The Morgan fingerprint density at radius 3 is 2.52 bits per heavy atom. The Bertz CT molecular complexity index is 453. The number of carbonyl (C=O) groups is 2. The highest BCUT2D eigenvalue weighted by molar-refractivity contribution is 5.87. The molecule has 0 bridgehead atoms. The summed E-state index contributed by atoms with van der Waals surface area (Å²) in [6.07, 6.45) is 0. The zero-order chi connectivity index (χ0) is 15.7. The van der Waals surface area contributed by atoms with Gasteiger partial charge in [-0.2, -0.15) is 0 Å². The largest absolute Gasteiger partial charge is 0.395 e. The van der Waals surface area contributed by atoms with E-state index in [9.17, 15) is 9.59 Å². The molecule has 21 heavy (non-hydrogen) atoms. The fraction of sp³-hybridized carbons (Fsp3) is 0.429. The van der Waals surface area contributed by atoms with E-state index < -0.39 is 12.1 Å². The van der Waals surface area contributed by atoms with Crippen LogP contribution in [0.4, 0.5) is 4.79 Å².